The van der Waals surface area contributed by atoms with Gasteiger partial charge in [-0.1, -0.05) is 111 Å². The number of para-hydroxylation sites is 1. The third-order valence-corrected chi connectivity index (χ3v) is 12.7. The van der Waals surface area contributed by atoms with Crippen LogP contribution in [0.2, 0.25) is 13.1 Å². The van der Waals surface area contributed by atoms with Crippen molar-refractivity contribution in [2.75, 3.05) is 0 Å². The molecule has 3 aromatic rings. The number of hydrogen-bond donors (Lipinski definition) is 0. The van der Waals surface area contributed by atoms with E-state index in [1.165, 1.54) is 17.5 Å². The molecular weight excluding hydrogens is 548 g/mol. The molecular formula is C38H48OSiTi. The predicted octanol–water partition coefficient (Wildman–Crippen LogP) is 10.9. The Morgan fingerprint density at radius 3 is 1.90 bits per heavy atom. The molecule has 0 saturated heterocycles. The van der Waals surface area contributed by atoms with Gasteiger partial charge in [-0.25, -0.2) is 0 Å². The zero-order chi connectivity index (χ0) is 30.0. The Morgan fingerprint density at radius 2 is 1.39 bits per heavy atom. The first-order valence-electron chi connectivity index (χ1n) is 14.8. The number of hydrogen-bond acceptors (Lipinski definition) is 1. The van der Waals surface area contributed by atoms with Gasteiger partial charge < -0.3 is 4.74 Å². The van der Waals surface area contributed by atoms with Crippen LogP contribution < -0.4 is 4.74 Å². The Morgan fingerprint density at radius 1 is 0.805 bits per heavy atom. The maximum atomic E-state index is 6.43. The molecule has 214 valence electrons. The van der Waals surface area contributed by atoms with Crippen LogP contribution in [0.5, 0.6) is 5.75 Å². The summed E-state index contributed by atoms with van der Waals surface area (Å²) >= 11 is 0.302. The molecule has 0 bridgehead atoms. The normalized spacial score (nSPS) is 14.2. The zero-order valence-electron chi connectivity index (χ0n) is 26.6. The summed E-state index contributed by atoms with van der Waals surface area (Å²) in [7, 11) is 0. The topological polar surface area (TPSA) is 9.23 Å². The quantitative estimate of drug-likeness (QED) is 0.150. The molecule has 4 rings (SSSR count). The number of ether oxygens (including phenoxy) is 1. The second-order valence-corrected chi connectivity index (χ2v) is 23.5. The fraction of sp³-hybridized carbons (Fsp3) is 0.316. The van der Waals surface area contributed by atoms with E-state index in [0.717, 1.165) is 22.6 Å². The van der Waals surface area contributed by atoms with E-state index in [0.29, 0.717) is 23.8 Å². The average Bonchev–Trinajstić information content (AvgIpc) is 3.39. The molecule has 0 N–H and O–H groups in total. The molecule has 0 fully saturated rings. The summed E-state index contributed by atoms with van der Waals surface area (Å²) in [6, 6.07) is 28.9. The first-order chi connectivity index (χ1) is 19.3. The molecule has 1 aliphatic carbocycles. The van der Waals surface area contributed by atoms with Crippen molar-refractivity contribution in [3.8, 4) is 5.75 Å². The average molecular weight is 597 g/mol. The van der Waals surface area contributed by atoms with Gasteiger partial charge in [-0.2, -0.15) is 0 Å². The Bertz CT molecular complexity index is 1360. The fourth-order valence-electron chi connectivity index (χ4n) is 4.51. The molecule has 0 saturated carbocycles. The van der Waals surface area contributed by atoms with Crippen molar-refractivity contribution in [3.05, 3.63) is 135 Å². The van der Waals surface area contributed by atoms with Gasteiger partial charge in [0.05, 0.1) is 0 Å². The minimum atomic E-state index is -0.282. The van der Waals surface area contributed by atoms with E-state index in [1.54, 1.807) is 9.45 Å². The van der Waals surface area contributed by atoms with E-state index >= 15 is 0 Å². The van der Waals surface area contributed by atoms with Crippen molar-refractivity contribution in [2.45, 2.75) is 68.0 Å². The summed E-state index contributed by atoms with van der Waals surface area (Å²) in [5, 5.41) is 0. The van der Waals surface area contributed by atoms with E-state index in [4.69, 9.17) is 4.74 Å². The van der Waals surface area contributed by atoms with Crippen LogP contribution in [-0.2, 0) is 18.4 Å². The second kappa shape index (κ2) is 15.0. The molecule has 0 aromatic heterocycles. The van der Waals surface area contributed by atoms with Gasteiger partial charge in [0.25, 0.3) is 0 Å². The number of aryl methyl sites for hydroxylation is 1. The molecule has 0 aliphatic heterocycles. The standard InChI is InChI=1S/C27H28O.C9H13.C2H7Si.Ti/c1-21-15-17-22(18-16-21)19-20-25(27(2,3)4)26(23-11-7-5-8-12-23)28-24-13-9-6-10-14-24;1-9(2,3)8-6-4-5-7-8;1-3-2;/h5-20H,1-4H3;6-7H,4H2,1-3H3;3H,1-2H3;. The maximum absolute atomic E-state index is 6.43. The summed E-state index contributed by atoms with van der Waals surface area (Å²) in [5.74, 6) is 1.73. The first kappa shape index (κ1) is 32.9. The van der Waals surface area contributed by atoms with Gasteiger partial charge in [-0.15, -0.1) is 0 Å². The van der Waals surface area contributed by atoms with Crippen molar-refractivity contribution >= 4 is 18.5 Å². The summed E-state index contributed by atoms with van der Waals surface area (Å²) in [6.45, 7) is 20.4. The van der Waals surface area contributed by atoms with E-state index < -0.39 is 0 Å². The molecule has 0 atom stereocenters. The molecule has 0 heterocycles. The van der Waals surface area contributed by atoms with E-state index in [9.17, 15) is 0 Å². The summed E-state index contributed by atoms with van der Waals surface area (Å²) < 4.78 is 8.22. The minimum Gasteiger partial charge on any atom is -0.456 e. The van der Waals surface area contributed by atoms with E-state index in [2.05, 4.69) is 122 Å². The fourth-order valence-corrected chi connectivity index (χ4v) is 10.3. The van der Waals surface area contributed by atoms with Gasteiger partial charge >= 0.3 is 92.4 Å². The zero-order valence-corrected chi connectivity index (χ0v) is 29.3. The first-order valence-corrected chi connectivity index (χ1v) is 21.2. The van der Waals surface area contributed by atoms with Crippen LogP contribution in [0.15, 0.2) is 118 Å². The van der Waals surface area contributed by atoms with Crippen molar-refractivity contribution < 1.29 is 23.1 Å². The molecule has 1 aliphatic rings. The molecule has 3 aromatic carbocycles. The van der Waals surface area contributed by atoms with Crippen LogP contribution in [0.4, 0.5) is 0 Å². The van der Waals surface area contributed by atoms with Crippen molar-refractivity contribution in [1.82, 2.24) is 0 Å². The number of rotatable bonds is 7. The summed E-state index contributed by atoms with van der Waals surface area (Å²) in [5.41, 5.74) is 6.53. The maximum Gasteiger partial charge on any atom is 0.138 e. The molecule has 0 spiro atoms. The third-order valence-electron chi connectivity index (χ3n) is 6.78. The Balaban J connectivity index is 0.000000298. The Hall–Kier alpha value is -2.65. The van der Waals surface area contributed by atoms with Crippen LogP contribution in [0.25, 0.3) is 11.8 Å². The van der Waals surface area contributed by atoms with Crippen LogP contribution in [0.1, 0.15) is 64.7 Å². The Kier molecular flexibility index (Phi) is 12.0. The molecule has 0 unspecified atom stereocenters. The predicted molar refractivity (Wildman–Crippen MR) is 179 cm³/mol. The second-order valence-electron chi connectivity index (χ2n) is 13.1. The molecule has 3 heteroatoms. The molecule has 41 heavy (non-hydrogen) atoms. The molecule has 0 radical (unpaired) electrons. The van der Waals surface area contributed by atoms with Gasteiger partial charge in [0.1, 0.15) is 11.5 Å². The van der Waals surface area contributed by atoms with Crippen molar-refractivity contribution in [2.24, 2.45) is 10.8 Å². The van der Waals surface area contributed by atoms with Gasteiger partial charge in [0.15, 0.2) is 0 Å². The van der Waals surface area contributed by atoms with Gasteiger partial charge in [0.2, 0.25) is 0 Å². The summed E-state index contributed by atoms with van der Waals surface area (Å²) in [6.07, 6.45) is 10.6. The van der Waals surface area contributed by atoms with Gasteiger partial charge in [-0.3, -0.25) is 0 Å². The van der Waals surface area contributed by atoms with E-state index in [-0.39, 0.29) is 12.1 Å². The SMILES string of the molecule is C[SiH](C)[Ti][C]1=CC(C(C)(C)C)=CC1.Cc1ccc(C=CC(=C(Oc2ccccc2)c2ccccc2)C(C)(C)C)cc1. The third kappa shape index (κ3) is 10.9. The van der Waals surface area contributed by atoms with Crippen LogP contribution >= 0.6 is 0 Å². The van der Waals surface area contributed by atoms with Gasteiger partial charge in [-0.05, 0) is 30.0 Å². The molecule has 1 nitrogen and oxygen atoms in total. The largest absolute Gasteiger partial charge is 0.456 e. The number of benzene rings is 3. The Labute approximate surface area is 259 Å². The van der Waals surface area contributed by atoms with Crippen molar-refractivity contribution in [3.63, 3.8) is 0 Å². The van der Waals surface area contributed by atoms with Gasteiger partial charge in [0, 0.05) is 11.1 Å². The molecule has 0 amide bonds. The van der Waals surface area contributed by atoms with Crippen LogP contribution in [-0.4, -0.2) is 6.66 Å². The summed E-state index contributed by atoms with van der Waals surface area (Å²) in [4.78, 5) is 0. The monoisotopic (exact) mass is 596 g/mol. The number of allylic oxidation sites excluding steroid dienone is 6. The minimum absolute atomic E-state index is 0.0822. The van der Waals surface area contributed by atoms with Crippen LogP contribution in [0, 0.1) is 17.8 Å². The van der Waals surface area contributed by atoms with Crippen LogP contribution in [0.3, 0.4) is 0 Å². The van der Waals surface area contributed by atoms with E-state index in [1.807, 2.05) is 48.5 Å². The smallest absolute Gasteiger partial charge is 0.138 e. The van der Waals surface area contributed by atoms with Crippen molar-refractivity contribution in [1.29, 1.82) is 0 Å².